The summed E-state index contributed by atoms with van der Waals surface area (Å²) in [4.78, 5) is 21.6. The van der Waals surface area contributed by atoms with E-state index in [1.165, 1.54) is 12.1 Å². The molecule has 19 heavy (non-hydrogen) atoms. The maximum absolute atomic E-state index is 12.1. The molecule has 0 aliphatic carbocycles. The predicted octanol–water partition coefficient (Wildman–Crippen LogP) is 2.74. The fourth-order valence-corrected chi connectivity index (χ4v) is 1.37. The van der Waals surface area contributed by atoms with Gasteiger partial charge in [0.25, 0.3) is 0 Å². The van der Waals surface area contributed by atoms with E-state index in [-0.39, 0.29) is 29.3 Å². The van der Waals surface area contributed by atoms with Gasteiger partial charge in [-0.05, 0) is 12.1 Å². The second-order valence-corrected chi connectivity index (χ2v) is 3.87. The third-order valence-electron chi connectivity index (χ3n) is 2.00. The lowest BCUT2D eigenvalue weighted by atomic mass is 10.2. The fourth-order valence-electron chi connectivity index (χ4n) is 1.21. The quantitative estimate of drug-likeness (QED) is 0.845. The summed E-state index contributed by atoms with van der Waals surface area (Å²) < 4.78 is 28.3. The first-order valence-corrected chi connectivity index (χ1v) is 5.52. The van der Waals surface area contributed by atoms with Crippen LogP contribution in [0.15, 0.2) is 18.2 Å². The Morgan fingerprint density at radius 1 is 1.37 bits per heavy atom. The van der Waals surface area contributed by atoms with Crippen LogP contribution in [0.1, 0.15) is 12.8 Å². The lowest BCUT2D eigenvalue weighted by molar-refractivity contribution is -0.138. The molecule has 1 rings (SSSR count). The van der Waals surface area contributed by atoms with Gasteiger partial charge in [-0.25, -0.2) is 0 Å². The molecule has 0 unspecified atom stereocenters. The Hall–Kier alpha value is -1.89. The van der Waals surface area contributed by atoms with E-state index in [0.29, 0.717) is 0 Å². The third-order valence-corrected chi connectivity index (χ3v) is 2.31. The van der Waals surface area contributed by atoms with Gasteiger partial charge in [0.05, 0.1) is 11.4 Å². The number of carboxylic acid groups (broad SMARTS) is 1. The minimum Gasteiger partial charge on any atom is -0.481 e. The SMILES string of the molecule is O=C(O)CCC(=O)Nc1ccc(Cl)c(OC(F)F)c1. The van der Waals surface area contributed by atoms with E-state index in [4.69, 9.17) is 16.7 Å². The molecule has 0 saturated carbocycles. The van der Waals surface area contributed by atoms with E-state index in [0.717, 1.165) is 6.07 Å². The zero-order valence-electron chi connectivity index (χ0n) is 9.53. The van der Waals surface area contributed by atoms with Crippen molar-refractivity contribution in [2.24, 2.45) is 0 Å². The summed E-state index contributed by atoms with van der Waals surface area (Å²) in [5.74, 6) is -1.92. The zero-order chi connectivity index (χ0) is 14.4. The number of ether oxygens (including phenoxy) is 1. The number of carboxylic acids is 1. The van der Waals surface area contributed by atoms with Gasteiger partial charge in [-0.3, -0.25) is 9.59 Å². The van der Waals surface area contributed by atoms with Gasteiger partial charge in [-0.1, -0.05) is 11.6 Å². The highest BCUT2D eigenvalue weighted by atomic mass is 35.5. The monoisotopic (exact) mass is 293 g/mol. The van der Waals surface area contributed by atoms with E-state index < -0.39 is 18.5 Å². The number of alkyl halides is 2. The Bertz CT molecular complexity index is 482. The molecule has 0 aromatic heterocycles. The number of carbonyl (C=O) groups is 2. The summed E-state index contributed by atoms with van der Waals surface area (Å²) in [6, 6.07) is 3.80. The molecular formula is C11H10ClF2NO4. The van der Waals surface area contributed by atoms with Gasteiger partial charge >= 0.3 is 12.6 Å². The van der Waals surface area contributed by atoms with Crippen molar-refractivity contribution in [1.29, 1.82) is 0 Å². The van der Waals surface area contributed by atoms with Crippen molar-refractivity contribution in [2.75, 3.05) is 5.32 Å². The van der Waals surface area contributed by atoms with E-state index in [2.05, 4.69) is 10.1 Å². The average Bonchev–Trinajstić information content (AvgIpc) is 2.30. The van der Waals surface area contributed by atoms with Crippen molar-refractivity contribution < 1.29 is 28.2 Å². The summed E-state index contributed by atoms with van der Waals surface area (Å²) in [6.07, 6.45) is -0.539. The normalized spacial score (nSPS) is 10.3. The number of amides is 1. The Morgan fingerprint density at radius 3 is 2.63 bits per heavy atom. The average molecular weight is 294 g/mol. The van der Waals surface area contributed by atoms with Crippen molar-refractivity contribution in [3.8, 4) is 5.75 Å². The van der Waals surface area contributed by atoms with E-state index >= 15 is 0 Å². The molecule has 0 radical (unpaired) electrons. The lowest BCUT2D eigenvalue weighted by Gasteiger charge is -2.09. The second-order valence-electron chi connectivity index (χ2n) is 3.47. The minimum atomic E-state index is -3.03. The van der Waals surface area contributed by atoms with Gasteiger partial charge in [0, 0.05) is 18.2 Å². The van der Waals surface area contributed by atoms with Crippen LogP contribution in [0.5, 0.6) is 5.75 Å². The number of aliphatic carboxylic acids is 1. The number of hydrogen-bond donors (Lipinski definition) is 2. The second kappa shape index (κ2) is 6.89. The Kier molecular flexibility index (Phi) is 5.50. The van der Waals surface area contributed by atoms with Crippen LogP contribution in [-0.4, -0.2) is 23.6 Å². The van der Waals surface area contributed by atoms with Crippen molar-refractivity contribution >= 4 is 29.2 Å². The predicted molar refractivity (Wildman–Crippen MR) is 63.6 cm³/mol. The van der Waals surface area contributed by atoms with Crippen molar-refractivity contribution in [1.82, 2.24) is 0 Å². The molecule has 1 aromatic carbocycles. The fraction of sp³-hybridized carbons (Fsp3) is 0.273. The highest BCUT2D eigenvalue weighted by Gasteiger charge is 2.11. The number of carbonyl (C=O) groups excluding carboxylic acids is 1. The molecule has 0 bridgehead atoms. The van der Waals surface area contributed by atoms with Crippen LogP contribution in [0, 0.1) is 0 Å². The summed E-state index contributed by atoms with van der Waals surface area (Å²) in [5.41, 5.74) is 0.190. The highest BCUT2D eigenvalue weighted by Crippen LogP contribution is 2.29. The molecule has 0 aliphatic heterocycles. The number of nitrogens with one attached hydrogen (secondary N) is 1. The summed E-state index contributed by atoms with van der Waals surface area (Å²) in [7, 11) is 0. The standard InChI is InChI=1S/C11H10ClF2NO4/c12-7-2-1-6(5-8(7)19-11(13)14)15-9(16)3-4-10(17)18/h1-2,5,11H,3-4H2,(H,15,16)(H,17,18). The molecule has 1 amide bonds. The molecule has 8 heteroatoms. The van der Waals surface area contributed by atoms with Gasteiger partial charge in [-0.2, -0.15) is 8.78 Å². The number of hydrogen-bond acceptors (Lipinski definition) is 3. The lowest BCUT2D eigenvalue weighted by Crippen LogP contribution is -2.13. The van der Waals surface area contributed by atoms with Crippen LogP contribution < -0.4 is 10.1 Å². The van der Waals surface area contributed by atoms with Crippen molar-refractivity contribution in [3.05, 3.63) is 23.2 Å². The van der Waals surface area contributed by atoms with Crippen molar-refractivity contribution in [3.63, 3.8) is 0 Å². The highest BCUT2D eigenvalue weighted by molar-refractivity contribution is 6.32. The molecule has 1 aromatic rings. The molecule has 0 heterocycles. The smallest absolute Gasteiger partial charge is 0.387 e. The molecule has 0 fully saturated rings. The first kappa shape index (κ1) is 15.2. The van der Waals surface area contributed by atoms with Gasteiger partial charge in [0.2, 0.25) is 5.91 Å². The number of anilines is 1. The van der Waals surface area contributed by atoms with Gasteiger partial charge in [0.15, 0.2) is 0 Å². The maximum Gasteiger partial charge on any atom is 0.387 e. The molecular weight excluding hydrogens is 284 g/mol. The van der Waals surface area contributed by atoms with Gasteiger partial charge < -0.3 is 15.2 Å². The molecule has 0 aliphatic rings. The summed E-state index contributed by atoms with van der Waals surface area (Å²) in [6.45, 7) is -3.03. The largest absolute Gasteiger partial charge is 0.481 e. The van der Waals surface area contributed by atoms with Gasteiger partial charge in [-0.15, -0.1) is 0 Å². The Labute approximate surface area is 112 Å². The zero-order valence-corrected chi connectivity index (χ0v) is 10.3. The molecule has 0 saturated heterocycles. The van der Waals surface area contributed by atoms with Crippen LogP contribution >= 0.6 is 11.6 Å². The molecule has 0 atom stereocenters. The van der Waals surface area contributed by atoms with Crippen molar-refractivity contribution in [2.45, 2.75) is 19.5 Å². The third kappa shape index (κ3) is 5.52. The van der Waals surface area contributed by atoms with Crippen LogP contribution in [0.4, 0.5) is 14.5 Å². The molecule has 0 spiro atoms. The van der Waals surface area contributed by atoms with E-state index in [1.54, 1.807) is 0 Å². The number of rotatable bonds is 6. The Balaban J connectivity index is 2.68. The Morgan fingerprint density at radius 2 is 2.05 bits per heavy atom. The maximum atomic E-state index is 12.1. The van der Waals surface area contributed by atoms with E-state index in [9.17, 15) is 18.4 Å². The first-order valence-electron chi connectivity index (χ1n) is 5.14. The number of benzene rings is 1. The van der Waals surface area contributed by atoms with Crippen LogP contribution in [0.3, 0.4) is 0 Å². The topological polar surface area (TPSA) is 75.6 Å². The minimum absolute atomic E-state index is 0.0242. The summed E-state index contributed by atoms with van der Waals surface area (Å²) >= 11 is 5.63. The van der Waals surface area contributed by atoms with E-state index in [1.807, 2.05) is 0 Å². The van der Waals surface area contributed by atoms with Crippen LogP contribution in [0.25, 0.3) is 0 Å². The molecule has 104 valence electrons. The molecule has 5 nitrogen and oxygen atoms in total. The summed E-state index contributed by atoms with van der Waals surface area (Å²) in [5, 5.41) is 10.7. The van der Waals surface area contributed by atoms with Gasteiger partial charge in [0.1, 0.15) is 5.75 Å². The number of halogens is 3. The first-order chi connectivity index (χ1) is 8.88. The van der Waals surface area contributed by atoms with Crippen LogP contribution in [-0.2, 0) is 9.59 Å². The van der Waals surface area contributed by atoms with Crippen LogP contribution in [0.2, 0.25) is 5.02 Å². The molecule has 2 N–H and O–H groups in total.